The zero-order chi connectivity index (χ0) is 15.6. The summed E-state index contributed by atoms with van der Waals surface area (Å²) in [6, 6.07) is 10.3. The fourth-order valence-corrected chi connectivity index (χ4v) is 2.43. The Hall–Kier alpha value is -2.14. The number of nitrogens with two attached hydrogens (primary N) is 1. The molecular weight excluding hydrogens is 332 g/mol. The summed E-state index contributed by atoms with van der Waals surface area (Å²) in [6.07, 6.45) is 0. The molecule has 2 aromatic carbocycles. The van der Waals surface area contributed by atoms with Crippen molar-refractivity contribution in [2.75, 3.05) is 11.1 Å². The summed E-state index contributed by atoms with van der Waals surface area (Å²) in [4.78, 5) is 23.7. The fourth-order valence-electron chi connectivity index (χ4n) is 1.95. The van der Waals surface area contributed by atoms with Gasteiger partial charge in [0.2, 0.25) is 0 Å². The number of carbonyl (C=O) groups is 2. The zero-order valence-electron chi connectivity index (χ0n) is 11.7. The van der Waals surface area contributed by atoms with E-state index in [1.54, 1.807) is 43.3 Å². The normalized spacial score (nSPS) is 10.2. The van der Waals surface area contributed by atoms with Crippen molar-refractivity contribution in [3.63, 3.8) is 0 Å². The van der Waals surface area contributed by atoms with E-state index in [0.717, 1.165) is 10.0 Å². The van der Waals surface area contributed by atoms with E-state index >= 15 is 0 Å². The van der Waals surface area contributed by atoms with Gasteiger partial charge in [0.25, 0.3) is 5.91 Å². The van der Waals surface area contributed by atoms with Crippen molar-refractivity contribution in [2.45, 2.75) is 13.8 Å². The SMILES string of the molecule is CC(=O)c1cccc(NC(=O)c2cc(Br)cc(N)c2C)c1. The lowest BCUT2D eigenvalue weighted by Crippen LogP contribution is -2.14. The van der Waals surface area contributed by atoms with Gasteiger partial charge in [-0.3, -0.25) is 9.59 Å². The molecule has 0 saturated carbocycles. The second-order valence-electron chi connectivity index (χ2n) is 4.76. The molecule has 0 saturated heterocycles. The Labute approximate surface area is 131 Å². The Morgan fingerprint density at radius 2 is 1.90 bits per heavy atom. The number of amides is 1. The first-order valence-corrected chi connectivity index (χ1v) is 7.15. The number of hydrogen-bond acceptors (Lipinski definition) is 3. The maximum absolute atomic E-state index is 12.3. The Morgan fingerprint density at radius 1 is 1.19 bits per heavy atom. The van der Waals surface area contributed by atoms with Crippen LogP contribution in [-0.2, 0) is 0 Å². The molecule has 21 heavy (non-hydrogen) atoms. The van der Waals surface area contributed by atoms with Crippen molar-refractivity contribution in [1.29, 1.82) is 0 Å². The number of ketones is 1. The van der Waals surface area contributed by atoms with Gasteiger partial charge in [-0.2, -0.15) is 0 Å². The van der Waals surface area contributed by atoms with Crippen LogP contribution < -0.4 is 11.1 Å². The van der Waals surface area contributed by atoms with E-state index in [0.29, 0.717) is 22.5 Å². The van der Waals surface area contributed by atoms with Crippen LogP contribution >= 0.6 is 15.9 Å². The van der Waals surface area contributed by atoms with Crippen molar-refractivity contribution in [2.24, 2.45) is 0 Å². The highest BCUT2D eigenvalue weighted by molar-refractivity contribution is 9.10. The van der Waals surface area contributed by atoms with Crippen molar-refractivity contribution in [3.05, 3.63) is 57.6 Å². The van der Waals surface area contributed by atoms with Gasteiger partial charge in [-0.25, -0.2) is 0 Å². The average Bonchev–Trinajstić information content (AvgIpc) is 2.43. The smallest absolute Gasteiger partial charge is 0.256 e. The molecule has 0 radical (unpaired) electrons. The zero-order valence-corrected chi connectivity index (χ0v) is 13.3. The largest absolute Gasteiger partial charge is 0.398 e. The summed E-state index contributed by atoms with van der Waals surface area (Å²) >= 11 is 3.33. The minimum absolute atomic E-state index is 0.0472. The molecule has 2 rings (SSSR count). The quantitative estimate of drug-likeness (QED) is 0.655. The summed E-state index contributed by atoms with van der Waals surface area (Å²) in [6.45, 7) is 3.28. The number of benzene rings is 2. The highest BCUT2D eigenvalue weighted by atomic mass is 79.9. The second-order valence-corrected chi connectivity index (χ2v) is 5.67. The molecule has 0 aliphatic rings. The molecule has 108 valence electrons. The molecule has 5 heteroatoms. The highest BCUT2D eigenvalue weighted by Crippen LogP contribution is 2.24. The Bertz CT molecular complexity index is 726. The molecule has 4 nitrogen and oxygen atoms in total. The van der Waals surface area contributed by atoms with E-state index < -0.39 is 0 Å². The highest BCUT2D eigenvalue weighted by Gasteiger charge is 2.13. The Kier molecular flexibility index (Phi) is 4.43. The minimum atomic E-state index is -0.263. The summed E-state index contributed by atoms with van der Waals surface area (Å²) in [5, 5.41) is 2.78. The first kappa shape index (κ1) is 15.3. The Morgan fingerprint density at radius 3 is 2.57 bits per heavy atom. The van der Waals surface area contributed by atoms with Gasteiger partial charge in [-0.1, -0.05) is 28.1 Å². The van der Waals surface area contributed by atoms with Gasteiger partial charge in [0.1, 0.15) is 0 Å². The number of nitrogens with one attached hydrogen (secondary N) is 1. The predicted octanol–water partition coefficient (Wildman–Crippen LogP) is 3.79. The molecule has 0 unspecified atom stereocenters. The van der Waals surface area contributed by atoms with Crippen LogP contribution in [-0.4, -0.2) is 11.7 Å². The van der Waals surface area contributed by atoms with E-state index in [4.69, 9.17) is 5.73 Å². The number of rotatable bonds is 3. The standard InChI is InChI=1S/C16H15BrN2O2/c1-9-14(7-12(17)8-15(9)18)16(21)19-13-5-3-4-11(6-13)10(2)20/h3-8H,18H2,1-2H3,(H,19,21). The van der Waals surface area contributed by atoms with Gasteiger partial charge < -0.3 is 11.1 Å². The molecule has 0 fully saturated rings. The van der Waals surface area contributed by atoms with E-state index in [-0.39, 0.29) is 11.7 Å². The van der Waals surface area contributed by atoms with E-state index in [2.05, 4.69) is 21.2 Å². The van der Waals surface area contributed by atoms with Crippen LogP contribution in [0.5, 0.6) is 0 Å². The Balaban J connectivity index is 2.30. The average molecular weight is 347 g/mol. The maximum Gasteiger partial charge on any atom is 0.256 e. The van der Waals surface area contributed by atoms with Crippen molar-refractivity contribution in [3.8, 4) is 0 Å². The van der Waals surface area contributed by atoms with Crippen LogP contribution in [0.3, 0.4) is 0 Å². The number of nitrogen functional groups attached to an aromatic ring is 1. The molecule has 3 N–H and O–H groups in total. The van der Waals surface area contributed by atoms with Gasteiger partial charge in [0.15, 0.2) is 5.78 Å². The minimum Gasteiger partial charge on any atom is -0.398 e. The second kappa shape index (κ2) is 6.10. The lowest BCUT2D eigenvalue weighted by Gasteiger charge is -2.11. The predicted molar refractivity (Wildman–Crippen MR) is 87.7 cm³/mol. The van der Waals surface area contributed by atoms with Crippen LogP contribution in [0.1, 0.15) is 33.2 Å². The van der Waals surface area contributed by atoms with Gasteiger partial charge in [-0.05, 0) is 43.7 Å². The molecule has 0 aromatic heterocycles. The maximum atomic E-state index is 12.3. The molecule has 0 aliphatic carbocycles. The van der Waals surface area contributed by atoms with E-state index in [9.17, 15) is 9.59 Å². The van der Waals surface area contributed by atoms with E-state index in [1.807, 2.05) is 0 Å². The topological polar surface area (TPSA) is 72.2 Å². The summed E-state index contributed by atoms with van der Waals surface area (Å²) in [5.41, 5.74) is 8.75. The van der Waals surface area contributed by atoms with Crippen LogP contribution in [0, 0.1) is 6.92 Å². The summed E-state index contributed by atoms with van der Waals surface area (Å²) in [7, 11) is 0. The number of hydrogen-bond donors (Lipinski definition) is 2. The fraction of sp³-hybridized carbons (Fsp3) is 0.125. The lowest BCUT2D eigenvalue weighted by atomic mass is 10.1. The first-order valence-electron chi connectivity index (χ1n) is 6.36. The van der Waals surface area contributed by atoms with Crippen LogP contribution in [0.25, 0.3) is 0 Å². The molecule has 2 aromatic rings. The molecule has 0 bridgehead atoms. The van der Waals surface area contributed by atoms with Crippen molar-refractivity contribution >= 4 is 39.0 Å². The molecule has 0 heterocycles. The van der Waals surface area contributed by atoms with Crippen LogP contribution in [0.4, 0.5) is 11.4 Å². The first-order chi connectivity index (χ1) is 9.88. The summed E-state index contributed by atoms with van der Waals surface area (Å²) < 4.78 is 0.744. The van der Waals surface area contributed by atoms with Crippen molar-refractivity contribution in [1.82, 2.24) is 0 Å². The number of carbonyl (C=O) groups excluding carboxylic acids is 2. The van der Waals surface area contributed by atoms with Crippen LogP contribution in [0.15, 0.2) is 40.9 Å². The number of anilines is 2. The van der Waals surface area contributed by atoms with Crippen LogP contribution in [0.2, 0.25) is 0 Å². The lowest BCUT2D eigenvalue weighted by molar-refractivity contribution is 0.101. The van der Waals surface area contributed by atoms with Gasteiger partial charge in [0, 0.05) is 27.0 Å². The number of Topliss-reactive ketones (excluding diaryl/α,β-unsaturated/α-hetero) is 1. The van der Waals surface area contributed by atoms with E-state index in [1.165, 1.54) is 6.92 Å². The monoisotopic (exact) mass is 346 g/mol. The molecule has 0 spiro atoms. The third kappa shape index (κ3) is 3.49. The van der Waals surface area contributed by atoms with Gasteiger partial charge in [-0.15, -0.1) is 0 Å². The summed E-state index contributed by atoms with van der Waals surface area (Å²) in [5.74, 6) is -0.310. The molecule has 1 amide bonds. The third-order valence-electron chi connectivity index (χ3n) is 3.18. The molecule has 0 aliphatic heterocycles. The number of halogens is 1. The van der Waals surface area contributed by atoms with Gasteiger partial charge >= 0.3 is 0 Å². The molecular formula is C16H15BrN2O2. The third-order valence-corrected chi connectivity index (χ3v) is 3.64. The van der Waals surface area contributed by atoms with Crippen molar-refractivity contribution < 1.29 is 9.59 Å². The molecule has 0 atom stereocenters. The van der Waals surface area contributed by atoms with Gasteiger partial charge in [0.05, 0.1) is 0 Å².